The Bertz CT molecular complexity index is 1470. The maximum atomic E-state index is 14.2. The van der Waals surface area contributed by atoms with E-state index in [0.717, 1.165) is 6.07 Å². The molecule has 1 aromatic carbocycles. The summed E-state index contributed by atoms with van der Waals surface area (Å²) in [5, 5.41) is 25.4. The second kappa shape index (κ2) is 11.2. The van der Waals surface area contributed by atoms with Crippen molar-refractivity contribution in [3.05, 3.63) is 46.9 Å². The smallest absolute Gasteiger partial charge is 0.407 e. The average molecular weight is 570 g/mol. The second-order valence-corrected chi connectivity index (χ2v) is 10.7. The number of nitrogens with zero attached hydrogens (tertiary/aromatic N) is 3. The lowest BCUT2D eigenvalue weighted by atomic mass is 9.90. The maximum absolute atomic E-state index is 14.2. The van der Waals surface area contributed by atoms with E-state index in [0.29, 0.717) is 78.6 Å². The Morgan fingerprint density at radius 1 is 1.10 bits per heavy atom. The van der Waals surface area contributed by atoms with Crippen molar-refractivity contribution in [1.29, 1.82) is 0 Å². The lowest BCUT2D eigenvalue weighted by molar-refractivity contribution is -0.125. The van der Waals surface area contributed by atoms with Crippen LogP contribution in [0.1, 0.15) is 55.8 Å². The van der Waals surface area contributed by atoms with Crippen molar-refractivity contribution in [2.24, 2.45) is 0 Å². The summed E-state index contributed by atoms with van der Waals surface area (Å²) in [5.74, 6) is -1.95. The third kappa shape index (κ3) is 5.51. The minimum absolute atomic E-state index is 0.00938. The van der Waals surface area contributed by atoms with Crippen molar-refractivity contribution in [3.8, 4) is 17.0 Å². The standard InChI is InChI=1S/C28H29ClFN5O5/c1-14(36)18-13-31-22-9-8-21(15-11-19(29)26(37)20(30)12-15)34-25(22)24(18)32-16-4-6-17(7-5-16)33-27(38)23-3-2-10-35(23)28(39)40/h8-9,11-13,16-17,23,37H,2-7,10H2,1H3,(H,31,32)(H,33,38)(H,39,40). The fourth-order valence-corrected chi connectivity index (χ4v) is 5.71. The van der Waals surface area contributed by atoms with Gasteiger partial charge in [0.25, 0.3) is 0 Å². The fraction of sp³-hybridized carbons (Fsp3) is 0.393. The Labute approximate surface area is 234 Å². The minimum atomic E-state index is -1.08. The predicted molar refractivity (Wildman–Crippen MR) is 147 cm³/mol. The molecular formula is C28H29ClFN5O5. The molecule has 1 aliphatic carbocycles. The van der Waals surface area contributed by atoms with E-state index >= 15 is 0 Å². The molecule has 2 fully saturated rings. The number of hydrogen-bond donors (Lipinski definition) is 4. The predicted octanol–water partition coefficient (Wildman–Crippen LogP) is 4.98. The number of fused-ring (bicyclic) bond motifs is 1. The first-order valence-corrected chi connectivity index (χ1v) is 13.6. The monoisotopic (exact) mass is 569 g/mol. The van der Waals surface area contributed by atoms with E-state index in [4.69, 9.17) is 16.6 Å². The number of aromatic nitrogens is 2. The van der Waals surface area contributed by atoms with Crippen molar-refractivity contribution < 1.29 is 29.0 Å². The number of ketones is 1. The molecule has 10 nitrogen and oxygen atoms in total. The van der Waals surface area contributed by atoms with E-state index in [9.17, 15) is 29.0 Å². The van der Waals surface area contributed by atoms with Gasteiger partial charge >= 0.3 is 6.09 Å². The number of carbonyl (C=O) groups excluding carboxylic acids is 2. The zero-order valence-electron chi connectivity index (χ0n) is 21.8. The van der Waals surface area contributed by atoms with Crippen LogP contribution in [0.4, 0.5) is 14.9 Å². The molecule has 2 aliphatic rings. The van der Waals surface area contributed by atoms with Gasteiger partial charge in [-0.2, -0.15) is 0 Å². The van der Waals surface area contributed by atoms with Gasteiger partial charge in [-0.3, -0.25) is 19.5 Å². The summed E-state index contributed by atoms with van der Waals surface area (Å²) in [7, 11) is 0. The molecule has 3 heterocycles. The van der Waals surface area contributed by atoms with Gasteiger partial charge in [0.2, 0.25) is 5.91 Å². The number of benzene rings is 1. The van der Waals surface area contributed by atoms with Crippen LogP contribution in [0.3, 0.4) is 0 Å². The highest BCUT2D eigenvalue weighted by Gasteiger charge is 2.35. The summed E-state index contributed by atoms with van der Waals surface area (Å²) in [6.45, 7) is 1.82. The summed E-state index contributed by atoms with van der Waals surface area (Å²) in [4.78, 5) is 46.9. The number of nitrogens with one attached hydrogen (secondary N) is 2. The van der Waals surface area contributed by atoms with Gasteiger partial charge in [-0.25, -0.2) is 14.2 Å². The molecular weight excluding hydrogens is 541 g/mol. The van der Waals surface area contributed by atoms with Crippen LogP contribution >= 0.6 is 11.6 Å². The van der Waals surface area contributed by atoms with Crippen molar-refractivity contribution >= 4 is 46.1 Å². The molecule has 0 spiro atoms. The van der Waals surface area contributed by atoms with E-state index in [1.54, 1.807) is 12.1 Å². The Kier molecular flexibility index (Phi) is 7.75. The SMILES string of the molecule is CC(=O)c1cnc2ccc(-c3cc(F)c(O)c(Cl)c3)nc2c1NC1CCC(NC(=O)C2CCCN2C(=O)O)CC1. The van der Waals surface area contributed by atoms with Crippen LogP contribution in [-0.4, -0.2) is 67.5 Å². The van der Waals surface area contributed by atoms with Crippen LogP contribution in [0.25, 0.3) is 22.3 Å². The molecule has 0 radical (unpaired) electrons. The molecule has 4 N–H and O–H groups in total. The summed E-state index contributed by atoms with van der Waals surface area (Å²) in [6.07, 6.45) is 4.41. The number of hydrogen-bond acceptors (Lipinski definition) is 7. The largest absolute Gasteiger partial charge is 0.504 e. The zero-order valence-corrected chi connectivity index (χ0v) is 22.5. The summed E-state index contributed by atoms with van der Waals surface area (Å²) >= 11 is 5.97. The number of aromatic hydroxyl groups is 1. The Morgan fingerprint density at radius 3 is 2.50 bits per heavy atom. The lowest BCUT2D eigenvalue weighted by Gasteiger charge is -2.32. The quantitative estimate of drug-likeness (QED) is 0.304. The molecule has 2 aromatic heterocycles. The molecule has 0 bridgehead atoms. The number of rotatable bonds is 6. The molecule has 210 valence electrons. The first-order valence-electron chi connectivity index (χ1n) is 13.2. The Balaban J connectivity index is 1.34. The van der Waals surface area contributed by atoms with Gasteiger partial charge in [-0.15, -0.1) is 0 Å². The molecule has 1 saturated heterocycles. The Hall–Kier alpha value is -3.99. The number of phenols is 1. The van der Waals surface area contributed by atoms with E-state index in [1.807, 2.05) is 0 Å². The Morgan fingerprint density at radius 2 is 1.82 bits per heavy atom. The lowest BCUT2D eigenvalue weighted by Crippen LogP contribution is -2.49. The molecule has 2 amide bonds. The summed E-state index contributed by atoms with van der Waals surface area (Å²) in [5.41, 5.74) is 2.65. The van der Waals surface area contributed by atoms with Crippen LogP contribution in [0.2, 0.25) is 5.02 Å². The second-order valence-electron chi connectivity index (χ2n) is 10.3. The van der Waals surface area contributed by atoms with Gasteiger partial charge in [0.1, 0.15) is 11.6 Å². The molecule has 1 unspecified atom stereocenters. The number of carboxylic acid groups (broad SMARTS) is 1. The van der Waals surface area contributed by atoms with Gasteiger partial charge in [-0.1, -0.05) is 11.6 Å². The molecule has 1 aliphatic heterocycles. The normalized spacial score (nSPS) is 20.9. The number of carbonyl (C=O) groups is 3. The first-order chi connectivity index (χ1) is 19.1. The minimum Gasteiger partial charge on any atom is -0.504 e. The third-order valence-corrected chi connectivity index (χ3v) is 7.92. The van der Waals surface area contributed by atoms with Gasteiger partial charge in [0.15, 0.2) is 17.3 Å². The highest BCUT2D eigenvalue weighted by atomic mass is 35.5. The van der Waals surface area contributed by atoms with E-state index in [1.165, 1.54) is 24.1 Å². The number of anilines is 1. The third-order valence-electron chi connectivity index (χ3n) is 7.63. The summed E-state index contributed by atoms with van der Waals surface area (Å²) in [6, 6.07) is 5.22. The highest BCUT2D eigenvalue weighted by molar-refractivity contribution is 6.32. The molecule has 1 saturated carbocycles. The number of likely N-dealkylation sites (tertiary alicyclic amines) is 1. The number of Topliss-reactive ketones (excluding diaryl/α,β-unsaturated/α-hetero) is 1. The van der Waals surface area contributed by atoms with Crippen LogP contribution < -0.4 is 10.6 Å². The number of pyridine rings is 2. The average Bonchev–Trinajstić information content (AvgIpc) is 3.43. The van der Waals surface area contributed by atoms with Crippen LogP contribution in [0.15, 0.2) is 30.5 Å². The topological polar surface area (TPSA) is 145 Å². The highest BCUT2D eigenvalue weighted by Crippen LogP contribution is 2.34. The molecule has 40 heavy (non-hydrogen) atoms. The van der Waals surface area contributed by atoms with Crippen molar-refractivity contribution in [2.45, 2.75) is 63.6 Å². The maximum Gasteiger partial charge on any atom is 0.407 e. The number of amides is 2. The van der Waals surface area contributed by atoms with Crippen molar-refractivity contribution in [3.63, 3.8) is 0 Å². The molecule has 3 aromatic rings. The van der Waals surface area contributed by atoms with Crippen LogP contribution in [-0.2, 0) is 4.79 Å². The molecule has 5 rings (SSSR count). The van der Waals surface area contributed by atoms with Gasteiger partial charge in [0.05, 0.1) is 27.5 Å². The molecule has 1 atom stereocenters. The van der Waals surface area contributed by atoms with E-state index in [2.05, 4.69) is 15.6 Å². The number of halogens is 2. The zero-order chi connectivity index (χ0) is 28.6. The van der Waals surface area contributed by atoms with Crippen molar-refractivity contribution in [2.75, 3.05) is 11.9 Å². The van der Waals surface area contributed by atoms with Gasteiger partial charge in [-0.05, 0) is 69.7 Å². The number of phenolic OH excluding ortho intramolecular Hbond substituents is 1. The molecule has 12 heteroatoms. The van der Waals surface area contributed by atoms with E-state index < -0.39 is 23.7 Å². The van der Waals surface area contributed by atoms with Crippen LogP contribution in [0.5, 0.6) is 5.75 Å². The van der Waals surface area contributed by atoms with Crippen molar-refractivity contribution in [1.82, 2.24) is 20.2 Å². The van der Waals surface area contributed by atoms with Gasteiger partial charge in [0, 0.05) is 30.4 Å². The first kappa shape index (κ1) is 27.6. The van der Waals surface area contributed by atoms with Crippen LogP contribution in [0, 0.1) is 5.82 Å². The fourth-order valence-electron chi connectivity index (χ4n) is 5.51. The van der Waals surface area contributed by atoms with E-state index in [-0.39, 0.29) is 28.8 Å². The van der Waals surface area contributed by atoms with Gasteiger partial charge < -0.3 is 20.8 Å². The summed E-state index contributed by atoms with van der Waals surface area (Å²) < 4.78 is 14.2.